The normalized spacial score (nSPS) is 20.2. The van der Waals surface area contributed by atoms with E-state index in [4.69, 9.17) is 5.11 Å². The molecule has 2 N–H and O–H groups in total. The van der Waals surface area contributed by atoms with Crippen molar-refractivity contribution in [1.29, 1.82) is 0 Å². The lowest BCUT2D eigenvalue weighted by atomic mass is 9.89. The Morgan fingerprint density at radius 2 is 2.16 bits per heavy atom. The van der Waals surface area contributed by atoms with E-state index >= 15 is 0 Å². The van der Waals surface area contributed by atoms with E-state index in [-0.39, 0.29) is 35.8 Å². The van der Waals surface area contributed by atoms with E-state index in [9.17, 15) is 9.59 Å². The molecule has 1 fully saturated rings. The van der Waals surface area contributed by atoms with Gasteiger partial charge in [-0.25, -0.2) is 0 Å². The second-order valence-electron chi connectivity index (χ2n) is 6.40. The van der Waals surface area contributed by atoms with Crippen molar-refractivity contribution in [2.75, 3.05) is 19.7 Å². The van der Waals surface area contributed by atoms with Crippen molar-refractivity contribution >= 4 is 11.8 Å². The van der Waals surface area contributed by atoms with E-state index in [1.807, 2.05) is 27.7 Å². The molecule has 19 heavy (non-hydrogen) atoms. The molecule has 0 aromatic heterocycles. The van der Waals surface area contributed by atoms with Gasteiger partial charge in [0.05, 0.1) is 5.92 Å². The third kappa shape index (κ3) is 4.49. The van der Waals surface area contributed by atoms with Crippen LogP contribution < -0.4 is 5.32 Å². The van der Waals surface area contributed by atoms with Gasteiger partial charge in [-0.2, -0.15) is 0 Å². The van der Waals surface area contributed by atoms with Crippen LogP contribution in [0.4, 0.5) is 0 Å². The highest BCUT2D eigenvalue weighted by atomic mass is 16.3. The SMILES string of the molecule is CC(C)N1CC(C(=O)NCC(C)(C)CCO)CC1=O. The number of likely N-dealkylation sites (tertiary alicyclic amines) is 1. The maximum atomic E-state index is 12.1. The number of carbonyl (C=O) groups is 2. The molecule has 1 atom stereocenters. The Balaban J connectivity index is 2.46. The van der Waals surface area contributed by atoms with Crippen molar-refractivity contribution in [2.24, 2.45) is 11.3 Å². The van der Waals surface area contributed by atoms with E-state index in [0.29, 0.717) is 25.9 Å². The number of hydrogen-bond donors (Lipinski definition) is 2. The van der Waals surface area contributed by atoms with E-state index in [1.54, 1.807) is 4.90 Å². The summed E-state index contributed by atoms with van der Waals surface area (Å²) in [6.07, 6.45) is 0.958. The highest BCUT2D eigenvalue weighted by molar-refractivity contribution is 5.89. The molecule has 110 valence electrons. The number of aliphatic hydroxyl groups excluding tert-OH is 1. The van der Waals surface area contributed by atoms with E-state index in [1.165, 1.54) is 0 Å². The zero-order chi connectivity index (χ0) is 14.6. The molecule has 1 unspecified atom stereocenters. The molecule has 2 amide bonds. The van der Waals surface area contributed by atoms with Gasteiger partial charge in [-0.05, 0) is 25.7 Å². The number of hydrogen-bond acceptors (Lipinski definition) is 3. The summed E-state index contributed by atoms with van der Waals surface area (Å²) in [5.41, 5.74) is -0.120. The fourth-order valence-corrected chi connectivity index (χ4v) is 2.27. The average molecular weight is 270 g/mol. The maximum absolute atomic E-state index is 12.1. The van der Waals surface area contributed by atoms with Crippen LogP contribution in [0.25, 0.3) is 0 Å². The fraction of sp³-hybridized carbons (Fsp3) is 0.857. The lowest BCUT2D eigenvalue weighted by molar-refractivity contribution is -0.130. The third-order valence-electron chi connectivity index (χ3n) is 3.68. The molecule has 1 heterocycles. The Morgan fingerprint density at radius 3 is 2.63 bits per heavy atom. The second kappa shape index (κ2) is 6.37. The molecule has 0 bridgehead atoms. The first kappa shape index (κ1) is 16.0. The summed E-state index contributed by atoms with van der Waals surface area (Å²) in [5, 5.41) is 11.8. The number of amides is 2. The van der Waals surface area contributed by atoms with Gasteiger partial charge in [-0.1, -0.05) is 13.8 Å². The minimum absolute atomic E-state index is 0.0532. The highest BCUT2D eigenvalue weighted by Gasteiger charge is 2.35. The van der Waals surface area contributed by atoms with Crippen LogP contribution in [0.15, 0.2) is 0 Å². The van der Waals surface area contributed by atoms with Gasteiger partial charge < -0.3 is 15.3 Å². The fourth-order valence-electron chi connectivity index (χ4n) is 2.27. The summed E-state index contributed by atoms with van der Waals surface area (Å²) in [6, 6.07) is 0.149. The van der Waals surface area contributed by atoms with Crippen LogP contribution in [0.2, 0.25) is 0 Å². The number of nitrogens with zero attached hydrogens (tertiary/aromatic N) is 1. The van der Waals surface area contributed by atoms with Crippen molar-refractivity contribution in [3.05, 3.63) is 0 Å². The van der Waals surface area contributed by atoms with E-state index < -0.39 is 0 Å². The van der Waals surface area contributed by atoms with Gasteiger partial charge in [0.15, 0.2) is 0 Å². The first-order valence-electron chi connectivity index (χ1n) is 6.95. The van der Waals surface area contributed by atoms with E-state index in [2.05, 4.69) is 5.32 Å². The van der Waals surface area contributed by atoms with Crippen molar-refractivity contribution in [1.82, 2.24) is 10.2 Å². The molecule has 5 nitrogen and oxygen atoms in total. The van der Waals surface area contributed by atoms with Crippen molar-refractivity contribution in [3.63, 3.8) is 0 Å². The molecular formula is C14H26N2O3. The Labute approximate surface area is 115 Å². The van der Waals surface area contributed by atoms with Crippen molar-refractivity contribution < 1.29 is 14.7 Å². The monoisotopic (exact) mass is 270 g/mol. The lowest BCUT2D eigenvalue weighted by Gasteiger charge is -2.25. The highest BCUT2D eigenvalue weighted by Crippen LogP contribution is 2.22. The summed E-state index contributed by atoms with van der Waals surface area (Å²) in [7, 11) is 0. The minimum atomic E-state index is -0.236. The Morgan fingerprint density at radius 1 is 1.53 bits per heavy atom. The molecule has 0 aliphatic carbocycles. The molecule has 1 rings (SSSR count). The number of carbonyl (C=O) groups excluding carboxylic acids is 2. The Hall–Kier alpha value is -1.10. The standard InChI is InChI=1S/C14H26N2O3/c1-10(2)16-8-11(7-12(16)18)13(19)15-9-14(3,4)5-6-17/h10-11,17H,5-9H2,1-4H3,(H,15,19). The number of aliphatic hydroxyl groups is 1. The van der Waals surface area contributed by atoms with Crippen LogP contribution in [0.5, 0.6) is 0 Å². The topological polar surface area (TPSA) is 69.6 Å². The molecule has 5 heteroatoms. The maximum Gasteiger partial charge on any atom is 0.225 e. The Kier molecular flexibility index (Phi) is 5.35. The zero-order valence-electron chi connectivity index (χ0n) is 12.4. The molecule has 0 spiro atoms. The van der Waals surface area contributed by atoms with Gasteiger partial charge in [0, 0.05) is 32.2 Å². The van der Waals surface area contributed by atoms with Crippen LogP contribution in [0.3, 0.4) is 0 Å². The molecule has 0 saturated carbocycles. The summed E-state index contributed by atoms with van der Waals surface area (Å²) >= 11 is 0. The van der Waals surface area contributed by atoms with Crippen molar-refractivity contribution in [3.8, 4) is 0 Å². The summed E-state index contributed by atoms with van der Waals surface area (Å²) in [6.45, 7) is 9.09. The first-order valence-corrected chi connectivity index (χ1v) is 6.95. The molecule has 0 radical (unpaired) electrons. The zero-order valence-corrected chi connectivity index (χ0v) is 12.4. The molecule has 1 saturated heterocycles. The molecule has 0 aromatic rings. The van der Waals surface area contributed by atoms with Crippen LogP contribution >= 0.6 is 0 Å². The molecule has 0 aromatic carbocycles. The van der Waals surface area contributed by atoms with E-state index in [0.717, 1.165) is 0 Å². The third-order valence-corrected chi connectivity index (χ3v) is 3.68. The van der Waals surface area contributed by atoms with Crippen LogP contribution in [0, 0.1) is 11.3 Å². The summed E-state index contributed by atoms with van der Waals surface area (Å²) < 4.78 is 0. The van der Waals surface area contributed by atoms with Crippen LogP contribution in [-0.4, -0.2) is 47.6 Å². The second-order valence-corrected chi connectivity index (χ2v) is 6.40. The molecule has 1 aliphatic heterocycles. The molecular weight excluding hydrogens is 244 g/mol. The van der Waals surface area contributed by atoms with Gasteiger partial charge in [0.2, 0.25) is 11.8 Å². The minimum Gasteiger partial charge on any atom is -0.396 e. The quantitative estimate of drug-likeness (QED) is 0.749. The van der Waals surface area contributed by atoms with Crippen molar-refractivity contribution in [2.45, 2.75) is 46.6 Å². The lowest BCUT2D eigenvalue weighted by Crippen LogP contribution is -2.39. The summed E-state index contributed by atoms with van der Waals surface area (Å²) in [5.74, 6) is -0.230. The van der Waals surface area contributed by atoms with Crippen LogP contribution in [-0.2, 0) is 9.59 Å². The summed E-state index contributed by atoms with van der Waals surface area (Å²) in [4.78, 5) is 25.6. The first-order chi connectivity index (χ1) is 8.76. The average Bonchev–Trinajstić information content (AvgIpc) is 2.68. The molecule has 1 aliphatic rings. The smallest absolute Gasteiger partial charge is 0.225 e. The van der Waals surface area contributed by atoms with Gasteiger partial charge >= 0.3 is 0 Å². The number of nitrogens with one attached hydrogen (secondary N) is 1. The number of rotatable bonds is 6. The predicted octanol–water partition coefficient (Wildman–Crippen LogP) is 0.768. The van der Waals surface area contributed by atoms with Gasteiger partial charge in [-0.3, -0.25) is 9.59 Å². The van der Waals surface area contributed by atoms with Gasteiger partial charge in [0.1, 0.15) is 0 Å². The Bertz CT molecular complexity index is 340. The van der Waals surface area contributed by atoms with Gasteiger partial charge in [0.25, 0.3) is 0 Å². The van der Waals surface area contributed by atoms with Gasteiger partial charge in [-0.15, -0.1) is 0 Å². The van der Waals surface area contributed by atoms with Crippen LogP contribution in [0.1, 0.15) is 40.5 Å². The predicted molar refractivity (Wildman–Crippen MR) is 73.4 cm³/mol. The largest absolute Gasteiger partial charge is 0.396 e.